The fraction of sp³-hybridized carbons (Fsp3) is 0.545. The zero-order chi connectivity index (χ0) is 20.0. The van der Waals surface area contributed by atoms with Crippen LogP contribution in [0.3, 0.4) is 0 Å². The van der Waals surface area contributed by atoms with E-state index >= 15 is 0 Å². The Balaban J connectivity index is 2.01. The summed E-state index contributed by atoms with van der Waals surface area (Å²) in [5.74, 6) is 0.176. The first kappa shape index (κ1) is 19.3. The van der Waals surface area contributed by atoms with Gasteiger partial charge in [-0.3, -0.25) is 0 Å². The molecule has 0 aromatic heterocycles. The summed E-state index contributed by atoms with van der Waals surface area (Å²) < 4.78 is -0.351. The maximum absolute atomic E-state index is 6.73. The average Bonchev–Trinajstić information content (AvgIpc) is 2.99. The standard InChI is InChI=1S/C22H31N3S2/c1-7-21(26)13(2)14(3)22(27)12-20(15(4)23)17-10-8-9-11-18(17)24-19(20,6)25(22)16(21)5/h8-11,13,15,24,26-27H,3,5,7,12,23H2,1-2,4,6H3/t13?,15?,19-,20+,21-,22+/m1/s1. The average molecular weight is 402 g/mol. The Morgan fingerprint density at radius 2 is 1.96 bits per heavy atom. The Morgan fingerprint density at radius 3 is 2.56 bits per heavy atom. The van der Waals surface area contributed by atoms with E-state index in [1.165, 1.54) is 5.56 Å². The van der Waals surface area contributed by atoms with Crippen molar-refractivity contribution in [3.8, 4) is 0 Å². The highest BCUT2D eigenvalue weighted by Gasteiger charge is 2.74. The molecule has 146 valence electrons. The Bertz CT molecular complexity index is 852. The van der Waals surface area contributed by atoms with Crippen molar-refractivity contribution in [1.29, 1.82) is 0 Å². The lowest BCUT2D eigenvalue weighted by Gasteiger charge is -2.58. The van der Waals surface area contributed by atoms with Gasteiger partial charge in [-0.05, 0) is 49.8 Å². The predicted molar refractivity (Wildman–Crippen MR) is 121 cm³/mol. The molecule has 0 aliphatic carbocycles. The van der Waals surface area contributed by atoms with E-state index in [0.29, 0.717) is 0 Å². The SMILES string of the molecule is C=C1N2[C@](S)(C[C@]3(C(C)N)c4ccccc4N[C@]23C)C(=C)C(C)[C@]1(S)CC. The number of hydrogen-bond donors (Lipinski definition) is 4. The quantitative estimate of drug-likeness (QED) is 0.434. The minimum atomic E-state index is -0.513. The van der Waals surface area contributed by atoms with Gasteiger partial charge in [-0.25, -0.2) is 0 Å². The molecule has 0 bridgehead atoms. The van der Waals surface area contributed by atoms with Crippen LogP contribution < -0.4 is 11.1 Å². The Kier molecular flexibility index (Phi) is 3.94. The third-order valence-electron chi connectivity index (χ3n) is 7.84. The number of para-hydroxylation sites is 1. The number of nitrogens with zero attached hydrogens (tertiary/aromatic N) is 1. The summed E-state index contributed by atoms with van der Waals surface area (Å²) in [6, 6.07) is 8.44. The van der Waals surface area contributed by atoms with Gasteiger partial charge >= 0.3 is 0 Å². The van der Waals surface area contributed by atoms with E-state index in [4.69, 9.17) is 31.0 Å². The summed E-state index contributed by atoms with van der Waals surface area (Å²) in [4.78, 5) is 1.84. The molecule has 27 heavy (non-hydrogen) atoms. The first-order valence-corrected chi connectivity index (χ1v) is 10.7. The lowest BCUT2D eigenvalue weighted by atomic mass is 9.67. The predicted octanol–water partition coefficient (Wildman–Crippen LogP) is 4.54. The Morgan fingerprint density at radius 1 is 1.33 bits per heavy atom. The molecule has 1 aromatic rings. The van der Waals surface area contributed by atoms with E-state index in [1.54, 1.807) is 0 Å². The molecule has 6 atom stereocenters. The van der Waals surface area contributed by atoms with Crippen LogP contribution in [0.15, 0.2) is 48.7 Å². The van der Waals surface area contributed by atoms with Gasteiger partial charge in [0.1, 0.15) is 10.5 Å². The van der Waals surface area contributed by atoms with Crippen LogP contribution in [0.25, 0.3) is 0 Å². The topological polar surface area (TPSA) is 41.3 Å². The highest BCUT2D eigenvalue weighted by atomic mass is 32.1. The molecule has 0 amide bonds. The molecule has 3 heterocycles. The molecule has 0 radical (unpaired) electrons. The molecule has 0 saturated carbocycles. The molecule has 5 heteroatoms. The van der Waals surface area contributed by atoms with Crippen molar-refractivity contribution in [3.05, 3.63) is 54.3 Å². The number of hydrogen-bond acceptors (Lipinski definition) is 5. The molecule has 3 nitrogen and oxygen atoms in total. The monoisotopic (exact) mass is 401 g/mol. The summed E-state index contributed by atoms with van der Waals surface area (Å²) in [6.07, 6.45) is 1.67. The van der Waals surface area contributed by atoms with Crippen LogP contribution in [-0.4, -0.2) is 26.2 Å². The van der Waals surface area contributed by atoms with Crippen molar-refractivity contribution in [3.63, 3.8) is 0 Å². The van der Waals surface area contributed by atoms with E-state index in [1.807, 2.05) is 0 Å². The molecule has 3 aliphatic heterocycles. The molecular formula is C22H31N3S2. The highest BCUT2D eigenvalue weighted by Crippen LogP contribution is 2.69. The van der Waals surface area contributed by atoms with Crippen molar-refractivity contribution >= 4 is 30.9 Å². The summed E-state index contributed by atoms with van der Waals surface area (Å²) >= 11 is 10.4. The number of nitrogens with two attached hydrogens (primary N) is 1. The minimum absolute atomic E-state index is 0.0693. The third-order valence-corrected chi connectivity index (χ3v) is 9.44. The van der Waals surface area contributed by atoms with Crippen LogP contribution in [0, 0.1) is 5.92 Å². The van der Waals surface area contributed by atoms with Gasteiger partial charge in [-0.15, -0.1) is 12.6 Å². The van der Waals surface area contributed by atoms with Crippen molar-refractivity contribution < 1.29 is 0 Å². The molecule has 2 saturated heterocycles. The molecule has 4 rings (SSSR count). The van der Waals surface area contributed by atoms with Crippen molar-refractivity contribution in [2.24, 2.45) is 11.7 Å². The van der Waals surface area contributed by atoms with Crippen LogP contribution >= 0.6 is 25.3 Å². The molecule has 1 aromatic carbocycles. The van der Waals surface area contributed by atoms with Crippen LogP contribution in [0.2, 0.25) is 0 Å². The van der Waals surface area contributed by atoms with Crippen molar-refractivity contribution in [2.45, 2.75) is 67.3 Å². The molecule has 2 unspecified atom stereocenters. The summed E-state index contributed by atoms with van der Waals surface area (Å²) in [5, 5.41) is 3.81. The van der Waals surface area contributed by atoms with Crippen molar-refractivity contribution in [2.75, 3.05) is 5.32 Å². The van der Waals surface area contributed by atoms with Gasteiger partial charge < -0.3 is 16.0 Å². The van der Waals surface area contributed by atoms with Crippen LogP contribution in [0.1, 0.15) is 46.1 Å². The van der Waals surface area contributed by atoms with E-state index < -0.39 is 10.5 Å². The van der Waals surface area contributed by atoms with Gasteiger partial charge in [0.05, 0.1) is 10.2 Å². The lowest BCUT2D eigenvalue weighted by molar-refractivity contribution is 0.103. The van der Waals surface area contributed by atoms with Gasteiger partial charge in [-0.2, -0.15) is 12.6 Å². The maximum Gasteiger partial charge on any atom is 0.120 e. The van der Waals surface area contributed by atoms with Crippen LogP contribution in [0.4, 0.5) is 5.69 Å². The number of anilines is 1. The second-order valence-corrected chi connectivity index (χ2v) is 10.3. The van der Waals surface area contributed by atoms with E-state index in [9.17, 15) is 0 Å². The molecular weight excluding hydrogens is 370 g/mol. The fourth-order valence-electron chi connectivity index (χ4n) is 6.17. The van der Waals surface area contributed by atoms with Crippen molar-refractivity contribution in [1.82, 2.24) is 4.90 Å². The summed E-state index contributed by atoms with van der Waals surface area (Å²) in [6.45, 7) is 17.8. The molecule has 3 N–H and O–H groups in total. The van der Waals surface area contributed by atoms with Gasteiger partial charge in [0.2, 0.25) is 0 Å². The fourth-order valence-corrected chi connectivity index (χ4v) is 7.19. The number of fused-ring (bicyclic) bond motifs is 5. The van der Waals surface area contributed by atoms with Gasteiger partial charge in [-0.1, -0.05) is 45.2 Å². The third kappa shape index (κ3) is 1.91. The van der Waals surface area contributed by atoms with E-state index in [2.05, 4.69) is 75.3 Å². The van der Waals surface area contributed by atoms with Crippen LogP contribution in [0.5, 0.6) is 0 Å². The Hall–Kier alpha value is -1.04. The molecule has 2 fully saturated rings. The number of benzene rings is 1. The molecule has 0 spiro atoms. The smallest absolute Gasteiger partial charge is 0.120 e. The zero-order valence-corrected chi connectivity index (χ0v) is 18.5. The first-order chi connectivity index (χ1) is 12.5. The number of thiol groups is 2. The van der Waals surface area contributed by atoms with Gasteiger partial charge in [0.25, 0.3) is 0 Å². The van der Waals surface area contributed by atoms with Gasteiger partial charge in [0, 0.05) is 17.4 Å². The lowest BCUT2D eigenvalue weighted by Crippen LogP contribution is -2.66. The Labute approximate surface area is 174 Å². The number of nitrogens with one attached hydrogen (secondary N) is 1. The first-order valence-electron chi connectivity index (χ1n) is 9.77. The second-order valence-electron chi connectivity index (χ2n) is 8.80. The zero-order valence-electron chi connectivity index (χ0n) is 16.7. The van der Waals surface area contributed by atoms with Crippen LogP contribution in [-0.2, 0) is 5.41 Å². The normalized spacial score (nSPS) is 43.8. The van der Waals surface area contributed by atoms with Gasteiger partial charge in [0.15, 0.2) is 0 Å². The highest BCUT2D eigenvalue weighted by molar-refractivity contribution is 7.82. The van der Waals surface area contributed by atoms with E-state index in [-0.39, 0.29) is 22.1 Å². The largest absolute Gasteiger partial charge is 0.362 e. The molecule has 3 aliphatic rings. The second kappa shape index (κ2) is 5.52. The number of piperidine rings is 1. The summed E-state index contributed by atoms with van der Waals surface area (Å²) in [7, 11) is 0. The minimum Gasteiger partial charge on any atom is -0.362 e. The summed E-state index contributed by atoms with van der Waals surface area (Å²) in [5.41, 5.74) is 10.5. The maximum atomic E-state index is 6.73. The van der Waals surface area contributed by atoms with E-state index in [0.717, 1.165) is 29.8 Å². The number of rotatable bonds is 2.